The maximum atomic E-state index is 13.0. The molecule has 0 saturated heterocycles. The minimum Gasteiger partial charge on any atom is -0.508 e. The Kier molecular flexibility index (Phi) is 10.2. The van der Waals surface area contributed by atoms with Crippen molar-refractivity contribution in [2.24, 2.45) is 11.7 Å². The molecule has 3 unspecified atom stereocenters. The number of carbonyl (C=O) groups is 4. The van der Waals surface area contributed by atoms with Crippen LogP contribution in [0.25, 0.3) is 0 Å². The number of carboxylic acids is 1. The van der Waals surface area contributed by atoms with Gasteiger partial charge in [-0.1, -0.05) is 56.3 Å². The Hall–Kier alpha value is -3.92. The van der Waals surface area contributed by atoms with Crippen molar-refractivity contribution in [2.75, 3.05) is 6.54 Å². The van der Waals surface area contributed by atoms with Crippen molar-refractivity contribution in [1.82, 2.24) is 16.0 Å². The Labute approximate surface area is 203 Å². The molecular weight excluding hydrogens is 452 g/mol. The molecule has 2 rings (SSSR count). The number of carbonyl (C=O) groups excluding carboxylic acids is 3. The molecule has 10 heteroatoms. The number of hydrogen-bond donors (Lipinski definition) is 6. The van der Waals surface area contributed by atoms with E-state index in [-0.39, 0.29) is 24.5 Å². The molecule has 0 aliphatic rings. The first-order valence-corrected chi connectivity index (χ1v) is 11.2. The van der Waals surface area contributed by atoms with Crippen molar-refractivity contribution in [1.29, 1.82) is 0 Å². The van der Waals surface area contributed by atoms with Gasteiger partial charge >= 0.3 is 5.97 Å². The topological polar surface area (TPSA) is 171 Å². The van der Waals surface area contributed by atoms with Crippen LogP contribution in [0.4, 0.5) is 0 Å². The summed E-state index contributed by atoms with van der Waals surface area (Å²) in [6, 6.07) is 11.8. The summed E-state index contributed by atoms with van der Waals surface area (Å²) in [5, 5.41) is 26.6. The summed E-state index contributed by atoms with van der Waals surface area (Å²) in [6.07, 6.45) is 0.0971. The van der Waals surface area contributed by atoms with Crippen molar-refractivity contribution in [3.63, 3.8) is 0 Å². The first-order chi connectivity index (χ1) is 16.6. The smallest absolute Gasteiger partial charge is 0.326 e. The van der Waals surface area contributed by atoms with Gasteiger partial charge in [0.1, 0.15) is 17.8 Å². The molecule has 0 fully saturated rings. The molecular formula is C25H32N4O6. The number of benzene rings is 2. The fraction of sp³-hybridized carbons (Fsp3) is 0.360. The summed E-state index contributed by atoms with van der Waals surface area (Å²) in [5.41, 5.74) is 7.13. The Morgan fingerprint density at radius 1 is 0.829 bits per heavy atom. The molecule has 7 N–H and O–H groups in total. The number of nitrogens with one attached hydrogen (secondary N) is 3. The third-order valence-electron chi connectivity index (χ3n) is 5.37. The number of hydrogen-bond acceptors (Lipinski definition) is 6. The molecule has 0 aliphatic carbocycles. The van der Waals surface area contributed by atoms with Crippen LogP contribution >= 0.6 is 0 Å². The predicted molar refractivity (Wildman–Crippen MR) is 129 cm³/mol. The molecule has 2 aromatic carbocycles. The van der Waals surface area contributed by atoms with Gasteiger partial charge in [-0.15, -0.1) is 0 Å². The quantitative estimate of drug-likeness (QED) is 0.252. The second kappa shape index (κ2) is 13.1. The van der Waals surface area contributed by atoms with Crippen LogP contribution in [0, 0.1) is 5.92 Å². The second-order valence-electron chi connectivity index (χ2n) is 8.57. The summed E-state index contributed by atoms with van der Waals surface area (Å²) in [6.45, 7) is 3.15. The van der Waals surface area contributed by atoms with Gasteiger partial charge in [0, 0.05) is 12.8 Å². The number of aromatic hydroxyl groups is 1. The number of aliphatic carboxylic acids is 1. The van der Waals surface area contributed by atoms with Crippen LogP contribution in [0.1, 0.15) is 25.0 Å². The Morgan fingerprint density at radius 3 is 1.97 bits per heavy atom. The fourth-order valence-corrected chi connectivity index (χ4v) is 3.23. The molecule has 3 amide bonds. The molecule has 0 bridgehead atoms. The average molecular weight is 485 g/mol. The lowest BCUT2D eigenvalue weighted by Crippen LogP contribution is -2.55. The maximum Gasteiger partial charge on any atom is 0.326 e. The van der Waals surface area contributed by atoms with Crippen LogP contribution in [-0.2, 0) is 32.0 Å². The van der Waals surface area contributed by atoms with E-state index < -0.39 is 48.4 Å². The highest BCUT2D eigenvalue weighted by molar-refractivity contribution is 5.92. The molecule has 0 aromatic heterocycles. The first-order valence-electron chi connectivity index (χ1n) is 11.2. The molecule has 35 heavy (non-hydrogen) atoms. The van der Waals surface area contributed by atoms with Gasteiger partial charge in [0.2, 0.25) is 17.7 Å². The Bertz CT molecular complexity index is 1010. The maximum absolute atomic E-state index is 13.0. The highest BCUT2D eigenvalue weighted by atomic mass is 16.4. The largest absolute Gasteiger partial charge is 0.508 e. The molecule has 0 aliphatic heterocycles. The van der Waals surface area contributed by atoms with Gasteiger partial charge < -0.3 is 31.9 Å². The first kappa shape index (κ1) is 27.3. The summed E-state index contributed by atoms with van der Waals surface area (Å²) in [4.78, 5) is 49.4. The zero-order valence-corrected chi connectivity index (χ0v) is 19.7. The molecule has 2 aromatic rings. The van der Waals surface area contributed by atoms with Gasteiger partial charge in [-0.05, 0) is 29.2 Å². The van der Waals surface area contributed by atoms with E-state index in [9.17, 15) is 29.4 Å². The molecule has 0 saturated carbocycles. The van der Waals surface area contributed by atoms with E-state index in [1.54, 1.807) is 56.3 Å². The standard InChI is InChI=1S/C25H32N4O6/c1-15(2)22(26)24(33)27-14-21(31)28-19(12-17-8-10-18(30)11-9-17)23(32)29-20(25(34)35)13-16-6-4-3-5-7-16/h3-11,15,19-20,22,30H,12-14,26H2,1-2H3,(H,27,33)(H,28,31)(H,29,32)(H,34,35). The SMILES string of the molecule is CC(C)C(N)C(=O)NCC(=O)NC(Cc1ccc(O)cc1)C(=O)NC(Cc1ccccc1)C(=O)O. The van der Waals surface area contributed by atoms with E-state index in [1.807, 2.05) is 0 Å². The Balaban J connectivity index is 2.11. The normalized spacial score (nSPS) is 13.4. The van der Waals surface area contributed by atoms with Gasteiger partial charge in [0.25, 0.3) is 0 Å². The molecule has 10 nitrogen and oxygen atoms in total. The minimum absolute atomic E-state index is 0.0367. The zero-order chi connectivity index (χ0) is 26.0. The monoisotopic (exact) mass is 484 g/mol. The van der Waals surface area contributed by atoms with Gasteiger partial charge in [0.05, 0.1) is 12.6 Å². The lowest BCUT2D eigenvalue weighted by Gasteiger charge is -2.22. The summed E-state index contributed by atoms with van der Waals surface area (Å²) in [5.74, 6) is -3.13. The van der Waals surface area contributed by atoms with Crippen LogP contribution in [0.15, 0.2) is 54.6 Å². The number of carboxylic acid groups (broad SMARTS) is 1. The third kappa shape index (κ3) is 9.09. The van der Waals surface area contributed by atoms with Crippen LogP contribution in [-0.4, -0.2) is 58.6 Å². The van der Waals surface area contributed by atoms with E-state index in [0.29, 0.717) is 5.56 Å². The van der Waals surface area contributed by atoms with Crippen molar-refractivity contribution < 1.29 is 29.4 Å². The summed E-state index contributed by atoms with van der Waals surface area (Å²) in [7, 11) is 0. The van der Waals surface area contributed by atoms with Crippen LogP contribution in [0.5, 0.6) is 5.75 Å². The van der Waals surface area contributed by atoms with Crippen molar-refractivity contribution in [2.45, 2.75) is 44.8 Å². The summed E-state index contributed by atoms with van der Waals surface area (Å²) >= 11 is 0. The highest BCUT2D eigenvalue weighted by Crippen LogP contribution is 2.12. The third-order valence-corrected chi connectivity index (χ3v) is 5.37. The highest BCUT2D eigenvalue weighted by Gasteiger charge is 2.27. The van der Waals surface area contributed by atoms with Gasteiger partial charge in [-0.3, -0.25) is 14.4 Å². The van der Waals surface area contributed by atoms with Crippen LogP contribution < -0.4 is 21.7 Å². The average Bonchev–Trinajstić information content (AvgIpc) is 2.83. The van der Waals surface area contributed by atoms with E-state index in [2.05, 4.69) is 16.0 Å². The molecule has 188 valence electrons. The van der Waals surface area contributed by atoms with Gasteiger partial charge in [-0.2, -0.15) is 0 Å². The lowest BCUT2D eigenvalue weighted by atomic mass is 10.0. The number of amides is 3. The molecule has 0 radical (unpaired) electrons. The van der Waals surface area contributed by atoms with Crippen molar-refractivity contribution in [3.05, 3.63) is 65.7 Å². The van der Waals surface area contributed by atoms with Crippen molar-refractivity contribution in [3.8, 4) is 5.75 Å². The Morgan fingerprint density at radius 2 is 1.40 bits per heavy atom. The lowest BCUT2D eigenvalue weighted by molar-refractivity contribution is -0.142. The van der Waals surface area contributed by atoms with Gasteiger partial charge in [-0.25, -0.2) is 4.79 Å². The van der Waals surface area contributed by atoms with E-state index in [1.165, 1.54) is 12.1 Å². The second-order valence-corrected chi connectivity index (χ2v) is 8.57. The van der Waals surface area contributed by atoms with Crippen LogP contribution in [0.2, 0.25) is 0 Å². The number of phenols is 1. The molecule has 0 spiro atoms. The van der Waals surface area contributed by atoms with E-state index >= 15 is 0 Å². The van der Waals surface area contributed by atoms with Crippen molar-refractivity contribution >= 4 is 23.7 Å². The molecule has 3 atom stereocenters. The number of phenolic OH excluding ortho intramolecular Hbond substituents is 1. The minimum atomic E-state index is -1.22. The molecule has 0 heterocycles. The number of nitrogens with two attached hydrogens (primary N) is 1. The summed E-state index contributed by atoms with van der Waals surface area (Å²) < 4.78 is 0. The predicted octanol–water partition coefficient (Wildman–Crippen LogP) is 0.331. The fourth-order valence-electron chi connectivity index (χ4n) is 3.23. The van der Waals surface area contributed by atoms with E-state index in [4.69, 9.17) is 5.73 Å². The van der Waals surface area contributed by atoms with Gasteiger partial charge in [0.15, 0.2) is 0 Å². The van der Waals surface area contributed by atoms with Crippen LogP contribution in [0.3, 0.4) is 0 Å². The van der Waals surface area contributed by atoms with E-state index in [0.717, 1.165) is 5.56 Å². The zero-order valence-electron chi connectivity index (χ0n) is 19.7. The number of rotatable bonds is 12.